The Morgan fingerprint density at radius 3 is 3.07 bits per heavy atom. The molecule has 1 aliphatic carbocycles. The van der Waals surface area contributed by atoms with Gasteiger partial charge in [0.2, 0.25) is 0 Å². The summed E-state index contributed by atoms with van der Waals surface area (Å²) in [7, 11) is 0. The van der Waals surface area contributed by atoms with Crippen molar-refractivity contribution >= 4 is 5.97 Å². The fourth-order valence-electron chi connectivity index (χ4n) is 1.20. The maximum absolute atomic E-state index is 13.2. The molecular weight excluding hydrogens is 199 g/mol. The summed E-state index contributed by atoms with van der Waals surface area (Å²) < 4.78 is 17.9. The van der Waals surface area contributed by atoms with E-state index in [9.17, 15) is 9.18 Å². The molecule has 0 radical (unpaired) electrons. The molecule has 1 aliphatic rings. The number of hydrogen-bond acceptors (Lipinski definition) is 3. The first-order valence-corrected chi connectivity index (χ1v) is 4.71. The van der Waals surface area contributed by atoms with Gasteiger partial charge in [-0.3, -0.25) is 0 Å². The van der Waals surface area contributed by atoms with Crippen LogP contribution in [0.5, 0.6) is 0 Å². The summed E-state index contributed by atoms with van der Waals surface area (Å²) in [5, 5.41) is 8.98. The van der Waals surface area contributed by atoms with Crippen molar-refractivity contribution in [1.29, 1.82) is 0 Å². The molecule has 1 N–H and O–H groups in total. The maximum Gasteiger partial charge on any atom is 0.330 e. The van der Waals surface area contributed by atoms with Gasteiger partial charge in [-0.2, -0.15) is 0 Å². The number of rotatable bonds is 3. The summed E-state index contributed by atoms with van der Waals surface area (Å²) in [4.78, 5) is 10.9. The van der Waals surface area contributed by atoms with Crippen molar-refractivity contribution in [2.45, 2.75) is 13.1 Å². The van der Waals surface area contributed by atoms with Crippen molar-refractivity contribution in [2.75, 3.05) is 6.61 Å². The number of carbonyl (C=O) groups excluding carboxylic acids is 1. The second-order valence-corrected chi connectivity index (χ2v) is 3.08. The molecule has 0 aromatic heterocycles. The number of aliphatic hydroxyl groups excluding tert-OH is 1. The van der Waals surface area contributed by atoms with E-state index in [1.54, 1.807) is 6.92 Å². The molecule has 3 nitrogen and oxygen atoms in total. The first kappa shape index (κ1) is 11.5. The molecule has 15 heavy (non-hydrogen) atoms. The number of carbonyl (C=O) groups is 1. The minimum atomic E-state index is -1.30. The van der Waals surface area contributed by atoms with E-state index in [1.165, 1.54) is 24.3 Å². The van der Waals surface area contributed by atoms with Crippen LogP contribution in [0.25, 0.3) is 0 Å². The zero-order chi connectivity index (χ0) is 11.3. The van der Waals surface area contributed by atoms with Gasteiger partial charge in [0.25, 0.3) is 0 Å². The summed E-state index contributed by atoms with van der Waals surface area (Å²) in [5.74, 6) is -1.11. The predicted octanol–water partition coefficient (Wildman–Crippen LogP) is 2.07. The minimum absolute atomic E-state index is 0.0942. The second-order valence-electron chi connectivity index (χ2n) is 3.08. The van der Waals surface area contributed by atoms with E-state index < -0.39 is 18.1 Å². The third-order valence-electron chi connectivity index (χ3n) is 1.93. The Morgan fingerprint density at radius 2 is 2.47 bits per heavy atom. The number of aliphatic hydroxyl groups is 1. The summed E-state index contributed by atoms with van der Waals surface area (Å²) in [5.41, 5.74) is 0. The summed E-state index contributed by atoms with van der Waals surface area (Å²) in [6, 6.07) is 0. The van der Waals surface area contributed by atoms with Crippen LogP contribution in [0.4, 0.5) is 4.39 Å². The standard InChI is InChI=1S/C11H13FO3/c1-2-15-11(14)6-4-8-3-5-9(13)7-10(8)12/h3-8,10,13H,2H2,1H3. The Labute approximate surface area is 87.5 Å². The van der Waals surface area contributed by atoms with E-state index >= 15 is 0 Å². The lowest BCUT2D eigenvalue weighted by molar-refractivity contribution is -0.137. The van der Waals surface area contributed by atoms with Crippen LogP contribution in [0, 0.1) is 5.92 Å². The fraction of sp³-hybridized carbons (Fsp3) is 0.364. The quantitative estimate of drug-likeness (QED) is 0.575. The van der Waals surface area contributed by atoms with Crippen molar-refractivity contribution in [3.05, 3.63) is 36.1 Å². The molecule has 2 atom stereocenters. The molecule has 0 fully saturated rings. The number of alkyl halides is 1. The number of halogens is 1. The van der Waals surface area contributed by atoms with Crippen LogP contribution in [0.3, 0.4) is 0 Å². The van der Waals surface area contributed by atoms with Gasteiger partial charge in [-0.25, -0.2) is 9.18 Å². The molecule has 0 saturated heterocycles. The van der Waals surface area contributed by atoms with Gasteiger partial charge >= 0.3 is 5.97 Å². The third kappa shape index (κ3) is 3.58. The van der Waals surface area contributed by atoms with Crippen LogP contribution in [-0.2, 0) is 9.53 Å². The van der Waals surface area contributed by atoms with Crippen molar-refractivity contribution in [2.24, 2.45) is 5.92 Å². The molecule has 0 bridgehead atoms. The average Bonchev–Trinajstić information content (AvgIpc) is 2.17. The fourth-order valence-corrected chi connectivity index (χ4v) is 1.20. The third-order valence-corrected chi connectivity index (χ3v) is 1.93. The zero-order valence-electron chi connectivity index (χ0n) is 8.39. The Bertz CT molecular complexity index is 318. The topological polar surface area (TPSA) is 46.5 Å². The number of ether oxygens (including phenoxy) is 1. The molecule has 0 spiro atoms. The van der Waals surface area contributed by atoms with E-state index in [0.29, 0.717) is 6.61 Å². The summed E-state index contributed by atoms with van der Waals surface area (Å²) in [6.07, 6.45) is 5.30. The SMILES string of the molecule is CCOC(=O)C=CC1C=CC(O)=CC1F. The first-order valence-electron chi connectivity index (χ1n) is 4.71. The van der Waals surface area contributed by atoms with E-state index in [4.69, 9.17) is 5.11 Å². The Hall–Kier alpha value is -1.58. The highest BCUT2D eigenvalue weighted by molar-refractivity contribution is 5.81. The van der Waals surface area contributed by atoms with Crippen LogP contribution in [0.1, 0.15) is 6.92 Å². The van der Waals surface area contributed by atoms with Crippen LogP contribution in [0.2, 0.25) is 0 Å². The van der Waals surface area contributed by atoms with Gasteiger partial charge < -0.3 is 9.84 Å². The largest absolute Gasteiger partial charge is 0.508 e. The second kappa shape index (κ2) is 5.34. The maximum atomic E-state index is 13.2. The molecule has 0 aliphatic heterocycles. The molecule has 0 aromatic rings. The minimum Gasteiger partial charge on any atom is -0.508 e. The molecule has 0 aromatic carbocycles. The van der Waals surface area contributed by atoms with E-state index in [-0.39, 0.29) is 5.76 Å². The number of hydrogen-bond donors (Lipinski definition) is 1. The Balaban J connectivity index is 2.53. The molecule has 0 saturated carbocycles. The monoisotopic (exact) mass is 212 g/mol. The van der Waals surface area contributed by atoms with Crippen molar-refractivity contribution < 1.29 is 19.0 Å². The Kier molecular flexibility index (Phi) is 4.09. The number of allylic oxidation sites excluding steroid dienone is 4. The first-order chi connectivity index (χ1) is 7.13. The van der Waals surface area contributed by atoms with Crippen molar-refractivity contribution in [3.8, 4) is 0 Å². The number of esters is 1. The van der Waals surface area contributed by atoms with Crippen molar-refractivity contribution in [3.63, 3.8) is 0 Å². The zero-order valence-corrected chi connectivity index (χ0v) is 8.39. The lowest BCUT2D eigenvalue weighted by Gasteiger charge is -2.14. The molecule has 0 amide bonds. The molecule has 2 unspecified atom stereocenters. The van der Waals surface area contributed by atoms with Crippen LogP contribution < -0.4 is 0 Å². The van der Waals surface area contributed by atoms with Gasteiger partial charge in [0.05, 0.1) is 6.61 Å². The Morgan fingerprint density at radius 1 is 1.73 bits per heavy atom. The van der Waals surface area contributed by atoms with Gasteiger partial charge in [-0.05, 0) is 19.1 Å². The lowest BCUT2D eigenvalue weighted by atomic mass is 9.98. The van der Waals surface area contributed by atoms with Gasteiger partial charge in [0.15, 0.2) is 0 Å². The molecule has 82 valence electrons. The van der Waals surface area contributed by atoms with E-state index in [0.717, 1.165) is 6.08 Å². The molecule has 0 heterocycles. The van der Waals surface area contributed by atoms with Crippen LogP contribution in [0.15, 0.2) is 36.1 Å². The van der Waals surface area contributed by atoms with Crippen LogP contribution >= 0.6 is 0 Å². The summed E-state index contributed by atoms with van der Waals surface area (Å²) in [6.45, 7) is 1.99. The van der Waals surface area contributed by atoms with Gasteiger partial charge in [0.1, 0.15) is 11.9 Å². The van der Waals surface area contributed by atoms with Crippen molar-refractivity contribution in [1.82, 2.24) is 0 Å². The lowest BCUT2D eigenvalue weighted by Crippen LogP contribution is -2.13. The van der Waals surface area contributed by atoms with E-state index in [1.807, 2.05) is 0 Å². The average molecular weight is 212 g/mol. The normalized spacial score (nSPS) is 25.3. The highest BCUT2D eigenvalue weighted by atomic mass is 19.1. The molecule has 4 heteroatoms. The highest BCUT2D eigenvalue weighted by Crippen LogP contribution is 2.19. The molecular formula is C11H13FO3. The van der Waals surface area contributed by atoms with Gasteiger partial charge in [-0.1, -0.05) is 12.2 Å². The van der Waals surface area contributed by atoms with Crippen LogP contribution in [-0.4, -0.2) is 23.9 Å². The van der Waals surface area contributed by atoms with Gasteiger partial charge in [0, 0.05) is 12.0 Å². The van der Waals surface area contributed by atoms with Gasteiger partial charge in [-0.15, -0.1) is 0 Å². The smallest absolute Gasteiger partial charge is 0.330 e. The summed E-state index contributed by atoms with van der Waals surface area (Å²) >= 11 is 0. The molecule has 1 rings (SSSR count). The predicted molar refractivity (Wildman–Crippen MR) is 54.0 cm³/mol. The highest BCUT2D eigenvalue weighted by Gasteiger charge is 2.17. The van der Waals surface area contributed by atoms with E-state index in [2.05, 4.69) is 4.74 Å².